The lowest BCUT2D eigenvalue weighted by Gasteiger charge is -2.21. The van der Waals surface area contributed by atoms with Gasteiger partial charge in [-0.1, -0.05) is 24.3 Å². The average Bonchev–Trinajstić information content (AvgIpc) is 3.11. The van der Waals surface area contributed by atoms with Crippen molar-refractivity contribution >= 4 is 6.03 Å². The Hall–Kier alpha value is -2.31. The Labute approximate surface area is 140 Å². The van der Waals surface area contributed by atoms with Crippen molar-refractivity contribution in [3.63, 3.8) is 0 Å². The molecule has 1 aromatic carbocycles. The molecule has 6 nitrogen and oxygen atoms in total. The summed E-state index contributed by atoms with van der Waals surface area (Å²) in [6.07, 6.45) is -0.0834. The molecule has 0 fully saturated rings. The van der Waals surface area contributed by atoms with Crippen LogP contribution in [0.15, 0.2) is 40.8 Å². The van der Waals surface area contributed by atoms with Crippen LogP contribution in [0.25, 0.3) is 0 Å². The third-order valence-corrected chi connectivity index (χ3v) is 4.23. The SMILES string of the molecule is COCC(NC(=O)NC1c2ccccc2CC1O)c1ccc(C)o1. The minimum atomic E-state index is -0.625. The Kier molecular flexibility index (Phi) is 4.87. The number of nitrogens with one attached hydrogen (secondary N) is 2. The van der Waals surface area contributed by atoms with Gasteiger partial charge < -0.3 is 24.9 Å². The quantitative estimate of drug-likeness (QED) is 0.785. The number of aliphatic hydroxyl groups is 1. The van der Waals surface area contributed by atoms with Crippen molar-refractivity contribution in [2.45, 2.75) is 31.5 Å². The molecule has 0 bridgehead atoms. The Morgan fingerprint density at radius 2 is 2.17 bits per heavy atom. The maximum absolute atomic E-state index is 12.4. The third-order valence-electron chi connectivity index (χ3n) is 4.23. The van der Waals surface area contributed by atoms with Gasteiger partial charge in [0, 0.05) is 13.5 Å². The van der Waals surface area contributed by atoms with Crippen molar-refractivity contribution in [1.82, 2.24) is 10.6 Å². The van der Waals surface area contributed by atoms with Crippen LogP contribution in [0.5, 0.6) is 0 Å². The second kappa shape index (κ2) is 7.07. The van der Waals surface area contributed by atoms with Gasteiger partial charge in [0.1, 0.15) is 17.6 Å². The van der Waals surface area contributed by atoms with Crippen LogP contribution in [0.3, 0.4) is 0 Å². The van der Waals surface area contributed by atoms with E-state index in [9.17, 15) is 9.90 Å². The monoisotopic (exact) mass is 330 g/mol. The minimum Gasteiger partial charge on any atom is -0.464 e. The van der Waals surface area contributed by atoms with E-state index < -0.39 is 18.2 Å². The molecule has 24 heavy (non-hydrogen) atoms. The lowest BCUT2D eigenvalue weighted by Crippen LogP contribution is -2.43. The van der Waals surface area contributed by atoms with Crippen molar-refractivity contribution in [2.75, 3.05) is 13.7 Å². The zero-order valence-electron chi connectivity index (χ0n) is 13.8. The number of fused-ring (bicyclic) bond motifs is 1. The summed E-state index contributed by atoms with van der Waals surface area (Å²) in [4.78, 5) is 12.4. The molecule has 0 radical (unpaired) electrons. The van der Waals surface area contributed by atoms with E-state index in [1.165, 1.54) is 0 Å². The number of benzene rings is 1. The first-order valence-corrected chi connectivity index (χ1v) is 7.96. The van der Waals surface area contributed by atoms with E-state index in [0.717, 1.165) is 16.9 Å². The van der Waals surface area contributed by atoms with Crippen molar-refractivity contribution in [3.8, 4) is 0 Å². The van der Waals surface area contributed by atoms with E-state index >= 15 is 0 Å². The molecule has 0 saturated carbocycles. The highest BCUT2D eigenvalue weighted by atomic mass is 16.5. The molecule has 3 rings (SSSR count). The van der Waals surface area contributed by atoms with Gasteiger partial charge in [-0.3, -0.25) is 0 Å². The average molecular weight is 330 g/mol. The molecule has 128 valence electrons. The van der Waals surface area contributed by atoms with Crippen LogP contribution < -0.4 is 10.6 Å². The number of carbonyl (C=O) groups is 1. The lowest BCUT2D eigenvalue weighted by molar-refractivity contribution is 0.136. The number of hydrogen-bond acceptors (Lipinski definition) is 4. The molecule has 0 aliphatic heterocycles. The van der Waals surface area contributed by atoms with Crippen LogP contribution in [-0.4, -0.2) is 31.0 Å². The number of hydrogen-bond donors (Lipinski definition) is 3. The first-order valence-electron chi connectivity index (χ1n) is 7.96. The van der Waals surface area contributed by atoms with Gasteiger partial charge in [-0.25, -0.2) is 4.79 Å². The maximum atomic E-state index is 12.4. The Balaban J connectivity index is 1.68. The summed E-state index contributed by atoms with van der Waals surface area (Å²) >= 11 is 0. The fourth-order valence-corrected chi connectivity index (χ4v) is 3.09. The summed E-state index contributed by atoms with van der Waals surface area (Å²) in [6, 6.07) is 10.2. The molecule has 1 aliphatic rings. The van der Waals surface area contributed by atoms with Gasteiger partial charge in [0.05, 0.1) is 18.8 Å². The highest BCUT2D eigenvalue weighted by Crippen LogP contribution is 2.31. The molecule has 1 aromatic heterocycles. The molecule has 0 saturated heterocycles. The van der Waals surface area contributed by atoms with E-state index in [2.05, 4.69) is 10.6 Å². The maximum Gasteiger partial charge on any atom is 0.316 e. The summed E-state index contributed by atoms with van der Waals surface area (Å²) in [7, 11) is 1.57. The van der Waals surface area contributed by atoms with Crippen LogP contribution >= 0.6 is 0 Å². The number of methoxy groups -OCH3 is 1. The predicted octanol–water partition coefficient (Wildman–Crippen LogP) is 2.23. The third kappa shape index (κ3) is 3.44. The fourth-order valence-electron chi connectivity index (χ4n) is 3.09. The molecular formula is C18H22N2O4. The van der Waals surface area contributed by atoms with Gasteiger partial charge >= 0.3 is 6.03 Å². The Morgan fingerprint density at radius 1 is 1.38 bits per heavy atom. The zero-order valence-corrected chi connectivity index (χ0v) is 13.8. The molecule has 1 heterocycles. The Bertz CT molecular complexity index is 713. The van der Waals surface area contributed by atoms with Crippen molar-refractivity contribution < 1.29 is 19.1 Å². The molecule has 3 atom stereocenters. The van der Waals surface area contributed by atoms with E-state index in [0.29, 0.717) is 18.8 Å². The Morgan fingerprint density at radius 3 is 2.88 bits per heavy atom. The number of urea groups is 1. The number of ether oxygens (including phenoxy) is 1. The predicted molar refractivity (Wildman–Crippen MR) is 88.6 cm³/mol. The van der Waals surface area contributed by atoms with Crippen molar-refractivity contribution in [1.29, 1.82) is 0 Å². The van der Waals surface area contributed by atoms with Crippen LogP contribution in [-0.2, 0) is 11.2 Å². The van der Waals surface area contributed by atoms with Crippen LogP contribution in [0.4, 0.5) is 4.79 Å². The molecule has 2 aromatic rings. The molecule has 3 unspecified atom stereocenters. The topological polar surface area (TPSA) is 83.7 Å². The first-order chi connectivity index (χ1) is 11.6. The van der Waals surface area contributed by atoms with Gasteiger partial charge in [-0.2, -0.15) is 0 Å². The molecule has 1 aliphatic carbocycles. The van der Waals surface area contributed by atoms with Crippen molar-refractivity contribution in [2.24, 2.45) is 0 Å². The number of rotatable bonds is 5. The highest BCUT2D eigenvalue weighted by Gasteiger charge is 2.32. The summed E-state index contributed by atoms with van der Waals surface area (Å²) in [6.45, 7) is 2.14. The molecule has 2 amide bonds. The van der Waals surface area contributed by atoms with E-state index in [1.54, 1.807) is 7.11 Å². The lowest BCUT2D eigenvalue weighted by atomic mass is 10.1. The number of amides is 2. The summed E-state index contributed by atoms with van der Waals surface area (Å²) in [5.41, 5.74) is 2.02. The van der Waals surface area contributed by atoms with E-state index in [1.807, 2.05) is 43.3 Å². The molecule has 6 heteroatoms. The van der Waals surface area contributed by atoms with Gasteiger partial charge in [0.25, 0.3) is 0 Å². The standard InChI is InChI=1S/C18H22N2O4/c1-11-7-8-16(24-11)14(10-23-2)19-18(22)20-17-13-6-4-3-5-12(13)9-15(17)21/h3-8,14-15,17,21H,9-10H2,1-2H3,(H2,19,20,22). The second-order valence-corrected chi connectivity index (χ2v) is 6.02. The smallest absolute Gasteiger partial charge is 0.316 e. The summed E-state index contributed by atoms with van der Waals surface area (Å²) in [5, 5.41) is 15.9. The summed E-state index contributed by atoms with van der Waals surface area (Å²) < 4.78 is 10.7. The largest absolute Gasteiger partial charge is 0.464 e. The van der Waals surface area contributed by atoms with Crippen LogP contribution in [0.2, 0.25) is 0 Å². The highest BCUT2D eigenvalue weighted by molar-refractivity contribution is 5.75. The minimum absolute atomic E-state index is 0.296. The van der Waals surface area contributed by atoms with Crippen molar-refractivity contribution in [3.05, 3.63) is 59.0 Å². The van der Waals surface area contributed by atoms with Crippen LogP contribution in [0.1, 0.15) is 34.7 Å². The fraction of sp³-hybridized carbons (Fsp3) is 0.389. The zero-order chi connectivity index (χ0) is 17.1. The second-order valence-electron chi connectivity index (χ2n) is 6.02. The molecular weight excluding hydrogens is 308 g/mol. The number of aliphatic hydroxyl groups excluding tert-OH is 1. The van der Waals surface area contributed by atoms with Gasteiger partial charge in [-0.05, 0) is 30.2 Å². The van der Waals surface area contributed by atoms with E-state index in [-0.39, 0.29) is 6.03 Å². The first kappa shape index (κ1) is 16.5. The number of aryl methyl sites for hydroxylation is 1. The number of carbonyl (C=O) groups excluding carboxylic acids is 1. The van der Waals surface area contributed by atoms with Gasteiger partial charge in [0.15, 0.2) is 0 Å². The normalized spacial score (nSPS) is 20.5. The van der Waals surface area contributed by atoms with Gasteiger partial charge in [-0.15, -0.1) is 0 Å². The summed E-state index contributed by atoms with van der Waals surface area (Å²) in [5.74, 6) is 1.41. The molecule has 0 spiro atoms. The van der Waals surface area contributed by atoms with E-state index in [4.69, 9.17) is 9.15 Å². The number of furan rings is 1. The van der Waals surface area contributed by atoms with Crippen LogP contribution in [0, 0.1) is 6.92 Å². The van der Waals surface area contributed by atoms with Gasteiger partial charge in [0.2, 0.25) is 0 Å². The molecule has 3 N–H and O–H groups in total.